The molecule has 84 valence electrons. The van der Waals surface area contributed by atoms with Gasteiger partial charge in [0.1, 0.15) is 0 Å². The molecule has 0 aliphatic rings. The van der Waals surface area contributed by atoms with Crippen LogP contribution >= 0.6 is 43.2 Å². The van der Waals surface area contributed by atoms with Gasteiger partial charge < -0.3 is 4.90 Å². The number of hydrogen-bond donors (Lipinski definition) is 0. The van der Waals surface area contributed by atoms with Crippen molar-refractivity contribution in [2.75, 3.05) is 13.6 Å². The summed E-state index contributed by atoms with van der Waals surface area (Å²) in [5, 5.41) is 0. The van der Waals surface area contributed by atoms with E-state index in [0.717, 1.165) is 21.6 Å². The quantitative estimate of drug-likeness (QED) is 0.754. The van der Waals surface area contributed by atoms with Gasteiger partial charge in [-0.15, -0.1) is 11.3 Å². The second-order valence-corrected chi connectivity index (χ2v) is 7.43. The molecule has 1 aromatic heterocycles. The topological polar surface area (TPSA) is 20.3 Å². The smallest absolute Gasteiger partial charge is 0.263 e. The summed E-state index contributed by atoms with van der Waals surface area (Å²) in [5.41, 5.74) is 0. The number of thiophene rings is 1. The maximum absolute atomic E-state index is 11.9. The van der Waals surface area contributed by atoms with E-state index in [9.17, 15) is 4.79 Å². The second kappa shape index (κ2) is 6.01. The molecule has 0 N–H and O–H groups in total. The van der Waals surface area contributed by atoms with Crippen molar-refractivity contribution in [3.63, 3.8) is 0 Å². The van der Waals surface area contributed by atoms with Crippen LogP contribution < -0.4 is 0 Å². The highest BCUT2D eigenvalue weighted by Crippen LogP contribution is 2.23. The monoisotopic (exact) mass is 353 g/mol. The van der Waals surface area contributed by atoms with Crippen molar-refractivity contribution in [3.8, 4) is 0 Å². The Morgan fingerprint density at radius 2 is 2.27 bits per heavy atom. The van der Waals surface area contributed by atoms with E-state index in [4.69, 9.17) is 0 Å². The van der Waals surface area contributed by atoms with Gasteiger partial charge in [0.05, 0.1) is 8.66 Å². The first-order valence-corrected chi connectivity index (χ1v) is 7.18. The van der Waals surface area contributed by atoms with Gasteiger partial charge in [-0.3, -0.25) is 4.79 Å². The molecule has 1 atom stereocenters. The minimum atomic E-state index is 0.0962. The molecule has 0 radical (unpaired) electrons. The molecule has 15 heavy (non-hydrogen) atoms. The first-order chi connectivity index (χ1) is 7.00. The molecule has 1 aromatic rings. The molecule has 1 unspecified atom stereocenters. The molecule has 0 spiro atoms. The minimum Gasteiger partial charge on any atom is -0.341 e. The van der Waals surface area contributed by atoms with E-state index < -0.39 is 0 Å². The number of carbonyl (C=O) groups excluding carboxylic acids is 1. The molecule has 0 aliphatic carbocycles. The predicted octanol–water partition coefficient (Wildman–Crippen LogP) is 3.76. The van der Waals surface area contributed by atoms with E-state index >= 15 is 0 Å². The lowest BCUT2D eigenvalue weighted by molar-refractivity contribution is 0.0799. The van der Waals surface area contributed by atoms with Crippen molar-refractivity contribution in [3.05, 3.63) is 20.8 Å². The van der Waals surface area contributed by atoms with Gasteiger partial charge in [0, 0.05) is 18.4 Å². The molecule has 1 heterocycles. The lowest BCUT2D eigenvalue weighted by Crippen LogP contribution is -2.28. The third-order valence-corrected chi connectivity index (χ3v) is 4.06. The highest BCUT2D eigenvalue weighted by atomic mass is 79.9. The highest BCUT2D eigenvalue weighted by Gasteiger charge is 2.13. The van der Waals surface area contributed by atoms with Crippen LogP contribution in [-0.4, -0.2) is 29.2 Å². The molecular weight excluding hydrogens is 342 g/mol. The summed E-state index contributed by atoms with van der Waals surface area (Å²) in [5.74, 6) is 0.0962. The van der Waals surface area contributed by atoms with Crippen molar-refractivity contribution in [2.24, 2.45) is 0 Å². The first-order valence-electron chi connectivity index (χ1n) is 4.65. The average Bonchev–Trinajstić information content (AvgIpc) is 2.60. The molecular formula is C10H13Br2NOS. The van der Waals surface area contributed by atoms with Gasteiger partial charge in [-0.05, 0) is 34.5 Å². The number of alkyl halides is 1. The van der Waals surface area contributed by atoms with Crippen LogP contribution in [0.5, 0.6) is 0 Å². The molecule has 1 rings (SSSR count). The van der Waals surface area contributed by atoms with Crippen LogP contribution in [0.1, 0.15) is 23.0 Å². The van der Waals surface area contributed by atoms with E-state index in [0.29, 0.717) is 4.83 Å². The number of halogens is 2. The Morgan fingerprint density at radius 1 is 1.60 bits per heavy atom. The predicted molar refractivity (Wildman–Crippen MR) is 72.0 cm³/mol. The van der Waals surface area contributed by atoms with Gasteiger partial charge in [0.25, 0.3) is 5.91 Å². The fourth-order valence-electron chi connectivity index (χ4n) is 1.09. The van der Waals surface area contributed by atoms with Crippen molar-refractivity contribution in [1.29, 1.82) is 0 Å². The first kappa shape index (κ1) is 13.2. The summed E-state index contributed by atoms with van der Waals surface area (Å²) >= 11 is 8.29. The van der Waals surface area contributed by atoms with Gasteiger partial charge >= 0.3 is 0 Å². The van der Waals surface area contributed by atoms with Gasteiger partial charge in [-0.2, -0.15) is 0 Å². The Labute approximate surface area is 111 Å². The van der Waals surface area contributed by atoms with E-state index in [1.807, 2.05) is 19.2 Å². The van der Waals surface area contributed by atoms with Crippen LogP contribution in [0.15, 0.2) is 15.9 Å². The van der Waals surface area contributed by atoms with Gasteiger partial charge in [0.15, 0.2) is 0 Å². The van der Waals surface area contributed by atoms with E-state index in [1.165, 1.54) is 11.3 Å². The summed E-state index contributed by atoms with van der Waals surface area (Å²) in [6.07, 6.45) is 0.967. The lowest BCUT2D eigenvalue weighted by Gasteiger charge is -2.16. The van der Waals surface area contributed by atoms with Crippen molar-refractivity contribution in [2.45, 2.75) is 18.2 Å². The Hall–Kier alpha value is 0.130. The Morgan fingerprint density at radius 3 is 2.73 bits per heavy atom. The van der Waals surface area contributed by atoms with Crippen LogP contribution in [0.3, 0.4) is 0 Å². The van der Waals surface area contributed by atoms with E-state index in [1.54, 1.807) is 4.90 Å². The third-order valence-electron chi connectivity index (χ3n) is 1.99. The molecule has 0 saturated heterocycles. The Bertz CT molecular complexity index is 338. The number of hydrogen-bond acceptors (Lipinski definition) is 2. The van der Waals surface area contributed by atoms with Crippen LogP contribution in [0, 0.1) is 0 Å². The summed E-state index contributed by atoms with van der Waals surface area (Å²) in [6, 6.07) is 3.75. The standard InChI is InChI=1S/C10H13Br2NOS/c1-7(11)5-6-13(2)10(14)8-3-4-9(12)15-8/h3-4,7H,5-6H2,1-2H3. The zero-order valence-electron chi connectivity index (χ0n) is 8.67. The van der Waals surface area contributed by atoms with Crippen molar-refractivity contribution < 1.29 is 4.79 Å². The fourth-order valence-corrected chi connectivity index (χ4v) is 2.68. The molecule has 0 fully saturated rings. The number of nitrogens with zero attached hydrogens (tertiary/aromatic N) is 1. The average molecular weight is 355 g/mol. The third kappa shape index (κ3) is 4.25. The summed E-state index contributed by atoms with van der Waals surface area (Å²) in [6.45, 7) is 2.86. The lowest BCUT2D eigenvalue weighted by atomic mass is 10.3. The largest absolute Gasteiger partial charge is 0.341 e. The Kier molecular flexibility index (Phi) is 5.29. The van der Waals surface area contributed by atoms with Crippen molar-refractivity contribution in [1.82, 2.24) is 4.90 Å². The maximum atomic E-state index is 11.9. The van der Waals surface area contributed by atoms with Crippen molar-refractivity contribution >= 4 is 49.1 Å². The summed E-state index contributed by atoms with van der Waals surface area (Å²) < 4.78 is 0.994. The molecule has 5 heteroatoms. The van der Waals surface area contributed by atoms with E-state index in [-0.39, 0.29) is 5.91 Å². The van der Waals surface area contributed by atoms with Crippen LogP contribution in [0.25, 0.3) is 0 Å². The second-order valence-electron chi connectivity index (χ2n) is 3.40. The van der Waals surface area contributed by atoms with Gasteiger partial charge in [0.2, 0.25) is 0 Å². The molecule has 0 bridgehead atoms. The molecule has 2 nitrogen and oxygen atoms in total. The Balaban J connectivity index is 2.53. The molecule has 0 aromatic carbocycles. The van der Waals surface area contributed by atoms with Crippen LogP contribution in [0.2, 0.25) is 0 Å². The summed E-state index contributed by atoms with van der Waals surface area (Å²) in [4.78, 5) is 14.9. The van der Waals surface area contributed by atoms with Gasteiger partial charge in [-0.25, -0.2) is 0 Å². The molecule has 0 aliphatic heterocycles. The maximum Gasteiger partial charge on any atom is 0.263 e. The number of rotatable bonds is 4. The number of amides is 1. The van der Waals surface area contributed by atoms with E-state index in [2.05, 4.69) is 38.8 Å². The van der Waals surface area contributed by atoms with Gasteiger partial charge in [-0.1, -0.05) is 22.9 Å². The fraction of sp³-hybridized carbons (Fsp3) is 0.500. The zero-order valence-corrected chi connectivity index (χ0v) is 12.7. The van der Waals surface area contributed by atoms with Crippen LogP contribution in [0.4, 0.5) is 0 Å². The highest BCUT2D eigenvalue weighted by molar-refractivity contribution is 9.11. The normalized spacial score (nSPS) is 12.5. The summed E-state index contributed by atoms with van der Waals surface area (Å²) in [7, 11) is 1.84. The zero-order chi connectivity index (χ0) is 11.4. The minimum absolute atomic E-state index is 0.0962. The number of carbonyl (C=O) groups is 1. The molecule has 1 amide bonds. The van der Waals surface area contributed by atoms with Crippen LogP contribution in [-0.2, 0) is 0 Å². The molecule has 0 saturated carbocycles. The SMILES string of the molecule is CC(Br)CCN(C)C(=O)c1ccc(Br)s1.